The third-order valence-corrected chi connectivity index (χ3v) is 4.01. The first kappa shape index (κ1) is 12.8. The van der Waals surface area contributed by atoms with Crippen LogP contribution in [0, 0.1) is 0 Å². The first-order valence-corrected chi connectivity index (χ1v) is 7.35. The molecule has 0 aliphatic rings. The van der Waals surface area contributed by atoms with Gasteiger partial charge in [0.15, 0.2) is 0 Å². The van der Waals surface area contributed by atoms with Gasteiger partial charge in [0.25, 0.3) is 0 Å². The topological polar surface area (TPSA) is 12.9 Å². The Balaban J connectivity index is 1.80. The lowest BCUT2D eigenvalue weighted by Crippen LogP contribution is -1.91. The molecule has 4 rings (SSSR count). The Morgan fingerprint density at radius 2 is 1.36 bits per heavy atom. The maximum atomic E-state index is 4.73. The molecule has 0 bridgehead atoms. The molecule has 0 unspecified atom stereocenters. The zero-order valence-corrected chi connectivity index (χ0v) is 12.2. The Labute approximate surface area is 129 Å². The lowest BCUT2D eigenvalue weighted by Gasteiger charge is -2.08. The molecule has 0 N–H and O–H groups in total. The van der Waals surface area contributed by atoms with Crippen LogP contribution in [0.2, 0.25) is 0 Å². The highest BCUT2D eigenvalue weighted by Gasteiger charge is 2.06. The van der Waals surface area contributed by atoms with E-state index in [1.807, 2.05) is 24.3 Å². The molecule has 0 saturated heterocycles. The number of rotatable bonds is 2. The third kappa shape index (κ3) is 2.17. The average Bonchev–Trinajstić information content (AvgIpc) is 2.60. The molecule has 1 heterocycles. The summed E-state index contributed by atoms with van der Waals surface area (Å²) >= 11 is 0. The SMILES string of the molecule is C=C(c1ccc2ccccc2c1)c1ccc2ccccc2n1. The van der Waals surface area contributed by atoms with Crippen molar-refractivity contribution in [3.8, 4) is 0 Å². The Kier molecular flexibility index (Phi) is 2.97. The van der Waals surface area contributed by atoms with E-state index in [0.717, 1.165) is 27.7 Å². The minimum atomic E-state index is 0.925. The second-order valence-electron chi connectivity index (χ2n) is 5.43. The summed E-state index contributed by atoms with van der Waals surface area (Å²) in [6.45, 7) is 4.25. The second kappa shape index (κ2) is 5.12. The van der Waals surface area contributed by atoms with Crippen LogP contribution in [0.4, 0.5) is 0 Å². The van der Waals surface area contributed by atoms with Crippen LogP contribution in [0.1, 0.15) is 11.3 Å². The molecular formula is C21H15N. The van der Waals surface area contributed by atoms with Crippen LogP contribution < -0.4 is 0 Å². The summed E-state index contributed by atoms with van der Waals surface area (Å²) < 4.78 is 0. The summed E-state index contributed by atoms with van der Waals surface area (Å²) in [6, 6.07) is 27.1. The number of aromatic nitrogens is 1. The van der Waals surface area contributed by atoms with E-state index >= 15 is 0 Å². The maximum Gasteiger partial charge on any atom is 0.0709 e. The smallest absolute Gasteiger partial charge is 0.0709 e. The van der Waals surface area contributed by atoms with E-state index in [4.69, 9.17) is 4.98 Å². The van der Waals surface area contributed by atoms with E-state index < -0.39 is 0 Å². The number of pyridine rings is 1. The van der Waals surface area contributed by atoms with E-state index in [-0.39, 0.29) is 0 Å². The van der Waals surface area contributed by atoms with Crippen molar-refractivity contribution in [3.05, 3.63) is 96.7 Å². The monoisotopic (exact) mass is 281 g/mol. The molecule has 104 valence electrons. The van der Waals surface area contributed by atoms with Gasteiger partial charge in [-0.3, -0.25) is 0 Å². The molecule has 0 fully saturated rings. The van der Waals surface area contributed by atoms with Crippen molar-refractivity contribution < 1.29 is 0 Å². The predicted octanol–water partition coefficient (Wildman–Crippen LogP) is 5.45. The molecule has 1 aromatic heterocycles. The largest absolute Gasteiger partial charge is 0.248 e. The Morgan fingerprint density at radius 1 is 0.682 bits per heavy atom. The van der Waals surface area contributed by atoms with E-state index in [9.17, 15) is 0 Å². The van der Waals surface area contributed by atoms with E-state index in [1.165, 1.54) is 10.8 Å². The Bertz CT molecular complexity index is 917. The summed E-state index contributed by atoms with van der Waals surface area (Å²) in [5.74, 6) is 0. The summed E-state index contributed by atoms with van der Waals surface area (Å²) in [5.41, 5.74) is 3.99. The van der Waals surface area contributed by atoms with Gasteiger partial charge in [-0.2, -0.15) is 0 Å². The molecule has 0 aliphatic carbocycles. The molecule has 1 heteroatoms. The number of benzene rings is 3. The average molecular weight is 281 g/mol. The molecule has 4 aromatic rings. The van der Waals surface area contributed by atoms with Crippen LogP contribution in [-0.2, 0) is 0 Å². The number of fused-ring (bicyclic) bond motifs is 2. The highest BCUT2D eigenvalue weighted by Crippen LogP contribution is 2.25. The van der Waals surface area contributed by atoms with Gasteiger partial charge in [-0.15, -0.1) is 0 Å². The van der Waals surface area contributed by atoms with Gasteiger partial charge in [-0.05, 0) is 34.5 Å². The summed E-state index contributed by atoms with van der Waals surface area (Å²) in [7, 11) is 0. The minimum Gasteiger partial charge on any atom is -0.248 e. The normalized spacial score (nSPS) is 10.9. The number of hydrogen-bond donors (Lipinski definition) is 0. The summed E-state index contributed by atoms with van der Waals surface area (Å²) in [5, 5.41) is 3.62. The van der Waals surface area contributed by atoms with Crippen LogP contribution in [0.5, 0.6) is 0 Å². The van der Waals surface area contributed by atoms with Gasteiger partial charge in [-0.1, -0.05) is 67.2 Å². The van der Waals surface area contributed by atoms with Gasteiger partial charge >= 0.3 is 0 Å². The van der Waals surface area contributed by atoms with Crippen LogP contribution >= 0.6 is 0 Å². The second-order valence-corrected chi connectivity index (χ2v) is 5.43. The summed E-state index contributed by atoms with van der Waals surface area (Å²) in [4.78, 5) is 4.73. The molecule has 0 aliphatic heterocycles. The Hall–Kier alpha value is -2.93. The van der Waals surface area contributed by atoms with Gasteiger partial charge in [0.05, 0.1) is 11.2 Å². The molecule has 0 atom stereocenters. The van der Waals surface area contributed by atoms with E-state index in [2.05, 4.69) is 61.2 Å². The van der Waals surface area contributed by atoms with Crippen molar-refractivity contribution in [2.75, 3.05) is 0 Å². The van der Waals surface area contributed by atoms with Crippen molar-refractivity contribution in [2.45, 2.75) is 0 Å². The highest BCUT2D eigenvalue weighted by molar-refractivity contribution is 5.89. The van der Waals surface area contributed by atoms with Crippen molar-refractivity contribution in [2.24, 2.45) is 0 Å². The first-order valence-electron chi connectivity index (χ1n) is 7.35. The summed E-state index contributed by atoms with van der Waals surface area (Å²) in [6.07, 6.45) is 0. The van der Waals surface area contributed by atoms with Crippen molar-refractivity contribution in [3.63, 3.8) is 0 Å². The van der Waals surface area contributed by atoms with E-state index in [1.54, 1.807) is 0 Å². The van der Waals surface area contributed by atoms with Crippen LogP contribution in [0.3, 0.4) is 0 Å². The molecule has 3 aromatic carbocycles. The lowest BCUT2D eigenvalue weighted by molar-refractivity contribution is 1.34. The van der Waals surface area contributed by atoms with Crippen LogP contribution in [-0.4, -0.2) is 4.98 Å². The predicted molar refractivity (Wildman–Crippen MR) is 93.8 cm³/mol. The Morgan fingerprint density at radius 3 is 2.23 bits per heavy atom. The molecule has 1 nitrogen and oxygen atoms in total. The number of nitrogens with zero attached hydrogens (tertiary/aromatic N) is 1. The molecule has 22 heavy (non-hydrogen) atoms. The maximum absolute atomic E-state index is 4.73. The highest BCUT2D eigenvalue weighted by atomic mass is 14.7. The molecule has 0 spiro atoms. The first-order chi connectivity index (χ1) is 10.8. The number of para-hydroxylation sites is 1. The van der Waals surface area contributed by atoms with Crippen LogP contribution in [0.25, 0.3) is 27.2 Å². The molecule has 0 radical (unpaired) electrons. The third-order valence-electron chi connectivity index (χ3n) is 4.01. The minimum absolute atomic E-state index is 0.925. The zero-order chi connectivity index (χ0) is 14.9. The van der Waals surface area contributed by atoms with Gasteiger partial charge in [0.1, 0.15) is 0 Å². The fourth-order valence-electron chi connectivity index (χ4n) is 2.76. The molecular weight excluding hydrogens is 266 g/mol. The van der Waals surface area contributed by atoms with Crippen LogP contribution in [0.15, 0.2) is 85.4 Å². The standard InChI is InChI=1S/C21H15N/c1-15(18-11-10-16-6-2-3-8-19(16)14-18)20-13-12-17-7-4-5-9-21(17)22-20/h2-14H,1H2. The zero-order valence-electron chi connectivity index (χ0n) is 12.2. The fourth-order valence-corrected chi connectivity index (χ4v) is 2.76. The van der Waals surface area contributed by atoms with Crippen molar-refractivity contribution in [1.82, 2.24) is 4.98 Å². The van der Waals surface area contributed by atoms with Crippen molar-refractivity contribution in [1.29, 1.82) is 0 Å². The van der Waals surface area contributed by atoms with Gasteiger partial charge in [-0.25, -0.2) is 4.98 Å². The lowest BCUT2D eigenvalue weighted by atomic mass is 9.99. The van der Waals surface area contributed by atoms with E-state index in [0.29, 0.717) is 0 Å². The van der Waals surface area contributed by atoms with Gasteiger partial charge in [0.2, 0.25) is 0 Å². The van der Waals surface area contributed by atoms with Gasteiger partial charge < -0.3 is 0 Å². The molecule has 0 amide bonds. The van der Waals surface area contributed by atoms with Gasteiger partial charge in [0, 0.05) is 11.0 Å². The number of hydrogen-bond acceptors (Lipinski definition) is 1. The quantitative estimate of drug-likeness (QED) is 0.476. The fraction of sp³-hybridized carbons (Fsp3) is 0. The molecule has 0 saturated carbocycles. The van der Waals surface area contributed by atoms with Crippen molar-refractivity contribution >= 4 is 27.2 Å².